The second-order valence-electron chi connectivity index (χ2n) is 6.58. The molecule has 0 aliphatic carbocycles. The lowest BCUT2D eigenvalue weighted by atomic mass is 10.0. The number of nitrogens with one attached hydrogen (secondary N) is 1. The van der Waals surface area contributed by atoms with E-state index in [9.17, 15) is 4.39 Å². The molecule has 6 nitrogen and oxygen atoms in total. The van der Waals surface area contributed by atoms with Crippen molar-refractivity contribution in [3.8, 4) is 0 Å². The normalized spacial score (nSPS) is 16.4. The molecule has 0 atom stereocenters. The molecule has 0 radical (unpaired) electrons. The first kappa shape index (κ1) is 16.0. The van der Waals surface area contributed by atoms with E-state index in [1.807, 2.05) is 25.1 Å². The van der Waals surface area contributed by atoms with Gasteiger partial charge in [-0.3, -0.25) is 4.90 Å². The molecule has 1 aliphatic heterocycles. The molecular weight excluding hydrogens is 319 g/mol. The number of nitrogens with zero attached hydrogens (tertiary/aromatic N) is 5. The minimum atomic E-state index is -0.121. The maximum Gasteiger partial charge on any atom is 0.200 e. The highest BCUT2D eigenvalue weighted by atomic mass is 19.1. The van der Waals surface area contributed by atoms with Crippen molar-refractivity contribution in [3.05, 3.63) is 53.7 Å². The lowest BCUT2D eigenvalue weighted by molar-refractivity contribution is 0.209. The lowest BCUT2D eigenvalue weighted by Gasteiger charge is -2.33. The van der Waals surface area contributed by atoms with Crippen LogP contribution in [0.2, 0.25) is 0 Å². The number of fused-ring (bicyclic) bond motifs is 1. The van der Waals surface area contributed by atoms with Gasteiger partial charge in [0.15, 0.2) is 0 Å². The standard InChI is InChI=1S/C18H21FN6/c1-13-10-17(18-22-20-12-25(18)23-13)21-15-6-8-24(9-7-15)11-14-4-2-3-5-16(14)19/h2-5,10,12,15,21H,6-9,11H2,1H3. The minimum Gasteiger partial charge on any atom is -0.379 e. The fraction of sp³-hybridized carbons (Fsp3) is 0.389. The van der Waals surface area contributed by atoms with Crippen molar-refractivity contribution in [1.82, 2.24) is 24.7 Å². The third-order valence-electron chi connectivity index (χ3n) is 4.69. The van der Waals surface area contributed by atoms with Gasteiger partial charge in [-0.2, -0.15) is 9.61 Å². The smallest absolute Gasteiger partial charge is 0.200 e. The predicted molar refractivity (Wildman–Crippen MR) is 93.8 cm³/mol. The maximum absolute atomic E-state index is 13.8. The average molecular weight is 340 g/mol. The summed E-state index contributed by atoms with van der Waals surface area (Å²) in [6, 6.07) is 9.40. The molecule has 7 heteroatoms. The number of aromatic nitrogens is 4. The number of hydrogen-bond acceptors (Lipinski definition) is 5. The van der Waals surface area contributed by atoms with Crippen molar-refractivity contribution < 1.29 is 4.39 Å². The summed E-state index contributed by atoms with van der Waals surface area (Å²) in [5, 5.41) is 16.0. The van der Waals surface area contributed by atoms with E-state index in [1.165, 1.54) is 6.07 Å². The summed E-state index contributed by atoms with van der Waals surface area (Å²) in [5.74, 6) is -0.121. The van der Waals surface area contributed by atoms with Gasteiger partial charge in [0.05, 0.1) is 11.4 Å². The van der Waals surface area contributed by atoms with Gasteiger partial charge in [-0.25, -0.2) is 4.39 Å². The van der Waals surface area contributed by atoms with Crippen LogP contribution in [-0.2, 0) is 6.54 Å². The number of halogens is 1. The molecule has 130 valence electrons. The van der Waals surface area contributed by atoms with Crippen LogP contribution in [-0.4, -0.2) is 43.8 Å². The van der Waals surface area contributed by atoms with Crippen molar-refractivity contribution in [3.63, 3.8) is 0 Å². The first-order valence-corrected chi connectivity index (χ1v) is 8.59. The molecule has 25 heavy (non-hydrogen) atoms. The van der Waals surface area contributed by atoms with Gasteiger partial charge in [0.2, 0.25) is 5.65 Å². The summed E-state index contributed by atoms with van der Waals surface area (Å²) in [4.78, 5) is 2.31. The number of benzene rings is 1. The van der Waals surface area contributed by atoms with Crippen LogP contribution in [0.15, 0.2) is 36.7 Å². The zero-order valence-electron chi connectivity index (χ0n) is 14.2. The molecule has 1 saturated heterocycles. The van der Waals surface area contributed by atoms with Crippen LogP contribution in [0.1, 0.15) is 24.1 Å². The largest absolute Gasteiger partial charge is 0.379 e. The third kappa shape index (κ3) is 3.46. The first-order chi connectivity index (χ1) is 12.2. The van der Waals surface area contributed by atoms with Gasteiger partial charge in [-0.05, 0) is 31.9 Å². The first-order valence-electron chi connectivity index (χ1n) is 8.59. The highest BCUT2D eigenvalue weighted by Gasteiger charge is 2.21. The van der Waals surface area contributed by atoms with E-state index in [0.29, 0.717) is 12.6 Å². The highest BCUT2D eigenvalue weighted by Crippen LogP contribution is 2.21. The Balaban J connectivity index is 1.39. The number of piperidine rings is 1. The minimum absolute atomic E-state index is 0.121. The lowest BCUT2D eigenvalue weighted by Crippen LogP contribution is -2.38. The number of hydrogen-bond donors (Lipinski definition) is 1. The van der Waals surface area contributed by atoms with Crippen molar-refractivity contribution in [2.45, 2.75) is 32.4 Å². The van der Waals surface area contributed by atoms with Crippen LogP contribution in [0, 0.1) is 12.7 Å². The number of anilines is 1. The van der Waals surface area contributed by atoms with E-state index in [-0.39, 0.29) is 5.82 Å². The second-order valence-corrected chi connectivity index (χ2v) is 6.58. The summed E-state index contributed by atoms with van der Waals surface area (Å²) in [6.07, 6.45) is 3.64. The topological polar surface area (TPSA) is 58.3 Å². The molecule has 1 N–H and O–H groups in total. The fourth-order valence-corrected chi connectivity index (χ4v) is 3.38. The maximum atomic E-state index is 13.8. The van der Waals surface area contributed by atoms with Gasteiger partial charge in [0, 0.05) is 31.2 Å². The predicted octanol–water partition coefficient (Wildman–Crippen LogP) is 2.65. The van der Waals surface area contributed by atoms with Crippen LogP contribution >= 0.6 is 0 Å². The van der Waals surface area contributed by atoms with E-state index in [1.54, 1.807) is 16.9 Å². The van der Waals surface area contributed by atoms with Gasteiger partial charge < -0.3 is 5.32 Å². The van der Waals surface area contributed by atoms with Crippen LogP contribution < -0.4 is 5.32 Å². The molecule has 3 aromatic rings. The van der Waals surface area contributed by atoms with Crippen LogP contribution in [0.3, 0.4) is 0 Å². The Kier molecular flexibility index (Phi) is 4.31. The molecule has 0 bridgehead atoms. The quantitative estimate of drug-likeness (QED) is 0.791. The molecule has 2 aromatic heterocycles. The summed E-state index contributed by atoms with van der Waals surface area (Å²) < 4.78 is 15.5. The molecule has 0 saturated carbocycles. The zero-order chi connectivity index (χ0) is 17.2. The van der Waals surface area contributed by atoms with E-state index in [0.717, 1.165) is 48.5 Å². The molecule has 1 fully saturated rings. The third-order valence-corrected chi connectivity index (χ3v) is 4.69. The van der Waals surface area contributed by atoms with E-state index in [4.69, 9.17) is 0 Å². The molecule has 0 amide bonds. The van der Waals surface area contributed by atoms with Crippen molar-refractivity contribution in [2.24, 2.45) is 0 Å². The Morgan fingerprint density at radius 2 is 2.04 bits per heavy atom. The van der Waals surface area contributed by atoms with Crippen LogP contribution in [0.4, 0.5) is 10.1 Å². The van der Waals surface area contributed by atoms with Crippen LogP contribution in [0.25, 0.3) is 5.65 Å². The van der Waals surface area contributed by atoms with Crippen LogP contribution in [0.5, 0.6) is 0 Å². The van der Waals surface area contributed by atoms with Gasteiger partial charge in [-0.15, -0.1) is 10.2 Å². The molecule has 0 unspecified atom stereocenters. The Labute approximate surface area is 145 Å². The SMILES string of the molecule is Cc1cc(NC2CCN(Cc3ccccc3F)CC2)c2nncn2n1. The fourth-order valence-electron chi connectivity index (χ4n) is 3.38. The second kappa shape index (κ2) is 6.76. The van der Waals surface area contributed by atoms with E-state index >= 15 is 0 Å². The molecule has 0 spiro atoms. The Morgan fingerprint density at radius 1 is 1.24 bits per heavy atom. The molecule has 3 heterocycles. The monoisotopic (exact) mass is 340 g/mol. The van der Waals surface area contributed by atoms with Crippen molar-refractivity contribution in [1.29, 1.82) is 0 Å². The van der Waals surface area contributed by atoms with Gasteiger partial charge >= 0.3 is 0 Å². The van der Waals surface area contributed by atoms with Gasteiger partial charge in [-0.1, -0.05) is 18.2 Å². The summed E-state index contributed by atoms with van der Waals surface area (Å²) in [7, 11) is 0. The molecule has 1 aliphatic rings. The molecule has 4 rings (SSSR count). The van der Waals surface area contributed by atoms with Gasteiger partial charge in [0.25, 0.3) is 0 Å². The summed E-state index contributed by atoms with van der Waals surface area (Å²) in [5.41, 5.74) is 3.41. The Hall–Kier alpha value is -2.54. The van der Waals surface area contributed by atoms with Crippen molar-refractivity contribution >= 4 is 11.3 Å². The Bertz CT molecular complexity index is 869. The highest BCUT2D eigenvalue weighted by molar-refractivity contribution is 5.66. The zero-order valence-corrected chi connectivity index (χ0v) is 14.2. The average Bonchev–Trinajstić information content (AvgIpc) is 3.07. The Morgan fingerprint density at radius 3 is 2.84 bits per heavy atom. The van der Waals surface area contributed by atoms with Gasteiger partial charge in [0.1, 0.15) is 12.1 Å². The van der Waals surface area contributed by atoms with Crippen molar-refractivity contribution in [2.75, 3.05) is 18.4 Å². The summed E-state index contributed by atoms with van der Waals surface area (Å²) in [6.45, 7) is 4.52. The van der Waals surface area contributed by atoms with E-state index < -0.39 is 0 Å². The number of rotatable bonds is 4. The number of likely N-dealkylation sites (tertiary alicyclic amines) is 1. The molecule has 1 aromatic carbocycles. The summed E-state index contributed by atoms with van der Waals surface area (Å²) >= 11 is 0. The molecular formula is C18H21FN6. The number of aryl methyl sites for hydroxylation is 1. The van der Waals surface area contributed by atoms with E-state index in [2.05, 4.69) is 25.5 Å².